The predicted octanol–water partition coefficient (Wildman–Crippen LogP) is 3.23. The van der Waals surface area contributed by atoms with E-state index in [0.29, 0.717) is 0 Å². The van der Waals surface area contributed by atoms with E-state index in [9.17, 15) is 10.2 Å². The van der Waals surface area contributed by atoms with E-state index in [-0.39, 0.29) is 0 Å². The van der Waals surface area contributed by atoms with E-state index in [1.54, 1.807) is 0 Å². The maximum atomic E-state index is 10.4. The van der Waals surface area contributed by atoms with Crippen LogP contribution in [0.25, 0.3) is 0 Å². The molecule has 1 aromatic rings. The molecule has 2 heteroatoms. The Kier molecular flexibility index (Phi) is 4.72. The van der Waals surface area contributed by atoms with E-state index in [4.69, 9.17) is 0 Å². The van der Waals surface area contributed by atoms with E-state index in [1.807, 2.05) is 51.1 Å². The lowest BCUT2D eigenvalue weighted by Gasteiger charge is -2.24. The molecule has 0 saturated heterocycles. The standard InChI is InChI=1S/C15H24O2/c1-14(2,16)11-7-8-12-15(3,17)13-9-5-4-6-10-13/h4-6,9-10,16-17H,7-8,11-12H2,1-3H3/t15-/m0/s1. The first-order chi connectivity index (χ1) is 7.81. The van der Waals surface area contributed by atoms with Crippen LogP contribution in [0.5, 0.6) is 0 Å². The lowest BCUT2D eigenvalue weighted by atomic mass is 9.89. The van der Waals surface area contributed by atoms with Gasteiger partial charge in [-0.3, -0.25) is 0 Å². The van der Waals surface area contributed by atoms with E-state index in [1.165, 1.54) is 0 Å². The Hall–Kier alpha value is -0.860. The number of hydrogen-bond donors (Lipinski definition) is 2. The smallest absolute Gasteiger partial charge is 0.0868 e. The van der Waals surface area contributed by atoms with Gasteiger partial charge in [-0.1, -0.05) is 43.2 Å². The molecule has 0 aliphatic carbocycles. The minimum atomic E-state index is -0.763. The van der Waals surface area contributed by atoms with Crippen molar-refractivity contribution in [2.45, 2.75) is 57.7 Å². The van der Waals surface area contributed by atoms with E-state index in [2.05, 4.69) is 0 Å². The highest BCUT2D eigenvalue weighted by Gasteiger charge is 2.22. The largest absolute Gasteiger partial charge is 0.390 e. The quantitative estimate of drug-likeness (QED) is 0.744. The van der Waals surface area contributed by atoms with Crippen molar-refractivity contribution in [3.8, 4) is 0 Å². The van der Waals surface area contributed by atoms with Gasteiger partial charge in [0.15, 0.2) is 0 Å². The highest BCUT2D eigenvalue weighted by Crippen LogP contribution is 2.27. The average molecular weight is 236 g/mol. The third-order valence-electron chi connectivity index (χ3n) is 3.10. The summed E-state index contributed by atoms with van der Waals surface area (Å²) in [6, 6.07) is 9.75. The fraction of sp³-hybridized carbons (Fsp3) is 0.600. The second-order valence-electron chi connectivity index (χ2n) is 5.66. The molecule has 1 atom stereocenters. The Morgan fingerprint density at radius 1 is 0.882 bits per heavy atom. The van der Waals surface area contributed by atoms with Crippen LogP contribution < -0.4 is 0 Å². The van der Waals surface area contributed by atoms with Crippen molar-refractivity contribution in [2.24, 2.45) is 0 Å². The summed E-state index contributed by atoms with van der Waals surface area (Å²) in [5.41, 5.74) is -0.400. The number of benzene rings is 1. The number of rotatable bonds is 6. The van der Waals surface area contributed by atoms with Crippen LogP contribution in [0.4, 0.5) is 0 Å². The maximum Gasteiger partial charge on any atom is 0.0868 e. The van der Waals surface area contributed by atoms with Crippen LogP contribution in [0.15, 0.2) is 30.3 Å². The molecule has 96 valence electrons. The fourth-order valence-electron chi connectivity index (χ4n) is 1.97. The predicted molar refractivity (Wildman–Crippen MR) is 70.8 cm³/mol. The van der Waals surface area contributed by atoms with Gasteiger partial charge in [-0.15, -0.1) is 0 Å². The molecule has 0 aromatic heterocycles. The van der Waals surface area contributed by atoms with Crippen molar-refractivity contribution in [1.29, 1.82) is 0 Å². The van der Waals surface area contributed by atoms with Gasteiger partial charge in [0.2, 0.25) is 0 Å². The Labute approximate surface area is 104 Å². The summed E-state index contributed by atoms with van der Waals surface area (Å²) in [6.07, 6.45) is 3.36. The van der Waals surface area contributed by atoms with Crippen LogP contribution in [0, 0.1) is 0 Å². The van der Waals surface area contributed by atoms with Crippen molar-refractivity contribution in [1.82, 2.24) is 0 Å². The van der Waals surface area contributed by atoms with Gasteiger partial charge in [0.25, 0.3) is 0 Å². The summed E-state index contributed by atoms with van der Waals surface area (Å²) in [5.74, 6) is 0. The number of aliphatic hydroxyl groups is 2. The normalized spacial score (nSPS) is 15.6. The first kappa shape index (κ1) is 14.2. The molecule has 0 unspecified atom stereocenters. The Morgan fingerprint density at radius 2 is 1.41 bits per heavy atom. The van der Waals surface area contributed by atoms with Gasteiger partial charge in [-0.05, 0) is 39.2 Å². The average Bonchev–Trinajstić information content (AvgIpc) is 2.25. The van der Waals surface area contributed by atoms with Gasteiger partial charge < -0.3 is 10.2 Å². The maximum absolute atomic E-state index is 10.4. The van der Waals surface area contributed by atoms with Gasteiger partial charge in [0.05, 0.1) is 11.2 Å². The lowest BCUT2D eigenvalue weighted by Crippen LogP contribution is -2.22. The molecule has 0 aliphatic rings. The summed E-state index contributed by atoms with van der Waals surface area (Å²) in [5, 5.41) is 20.0. The molecule has 17 heavy (non-hydrogen) atoms. The minimum absolute atomic E-state index is 0.599. The Morgan fingerprint density at radius 3 is 1.94 bits per heavy atom. The SMILES string of the molecule is CC(C)(O)CCCC[C@](C)(O)c1ccccc1. The van der Waals surface area contributed by atoms with Gasteiger partial charge >= 0.3 is 0 Å². The summed E-state index contributed by atoms with van der Waals surface area (Å²) in [7, 11) is 0. The summed E-state index contributed by atoms with van der Waals surface area (Å²) in [6.45, 7) is 5.50. The molecule has 0 fully saturated rings. The molecule has 0 bridgehead atoms. The molecule has 0 saturated carbocycles. The molecular formula is C15H24O2. The zero-order valence-electron chi connectivity index (χ0n) is 11.1. The minimum Gasteiger partial charge on any atom is -0.390 e. The lowest BCUT2D eigenvalue weighted by molar-refractivity contribution is 0.0374. The van der Waals surface area contributed by atoms with Crippen molar-refractivity contribution in [3.05, 3.63) is 35.9 Å². The molecule has 2 nitrogen and oxygen atoms in total. The van der Waals surface area contributed by atoms with Crippen molar-refractivity contribution >= 4 is 0 Å². The second kappa shape index (κ2) is 5.65. The van der Waals surface area contributed by atoms with Gasteiger partial charge in [-0.2, -0.15) is 0 Å². The molecule has 0 aliphatic heterocycles. The van der Waals surface area contributed by atoms with Crippen molar-refractivity contribution < 1.29 is 10.2 Å². The second-order valence-corrected chi connectivity index (χ2v) is 5.66. The molecule has 1 rings (SSSR count). The summed E-state index contributed by atoms with van der Waals surface area (Å²) >= 11 is 0. The molecule has 0 heterocycles. The van der Waals surface area contributed by atoms with E-state index >= 15 is 0 Å². The third-order valence-corrected chi connectivity index (χ3v) is 3.10. The highest BCUT2D eigenvalue weighted by atomic mass is 16.3. The molecule has 0 radical (unpaired) electrons. The Balaban J connectivity index is 2.41. The summed E-state index contributed by atoms with van der Waals surface area (Å²) < 4.78 is 0. The topological polar surface area (TPSA) is 40.5 Å². The molecule has 0 spiro atoms. The molecular weight excluding hydrogens is 212 g/mol. The molecule has 1 aromatic carbocycles. The highest BCUT2D eigenvalue weighted by molar-refractivity contribution is 5.21. The fourth-order valence-corrected chi connectivity index (χ4v) is 1.97. The first-order valence-electron chi connectivity index (χ1n) is 6.32. The van der Waals surface area contributed by atoms with Gasteiger partial charge in [0, 0.05) is 0 Å². The molecule has 2 N–H and O–H groups in total. The van der Waals surface area contributed by atoms with Gasteiger partial charge in [-0.25, -0.2) is 0 Å². The summed E-state index contributed by atoms with van der Waals surface area (Å²) in [4.78, 5) is 0. The van der Waals surface area contributed by atoms with Crippen LogP contribution in [-0.2, 0) is 5.60 Å². The van der Waals surface area contributed by atoms with Crippen LogP contribution >= 0.6 is 0 Å². The Bertz CT molecular complexity index is 323. The van der Waals surface area contributed by atoms with Crippen molar-refractivity contribution in [2.75, 3.05) is 0 Å². The third kappa shape index (κ3) is 5.33. The van der Waals surface area contributed by atoms with Crippen LogP contribution in [0.2, 0.25) is 0 Å². The van der Waals surface area contributed by atoms with Crippen LogP contribution in [-0.4, -0.2) is 15.8 Å². The number of unbranched alkanes of at least 4 members (excludes halogenated alkanes) is 1. The monoisotopic (exact) mass is 236 g/mol. The van der Waals surface area contributed by atoms with E-state index < -0.39 is 11.2 Å². The zero-order chi connectivity index (χ0) is 12.9. The van der Waals surface area contributed by atoms with E-state index in [0.717, 1.165) is 31.2 Å². The first-order valence-corrected chi connectivity index (χ1v) is 6.32. The molecule has 0 amide bonds. The van der Waals surface area contributed by atoms with Gasteiger partial charge in [0.1, 0.15) is 0 Å². The zero-order valence-corrected chi connectivity index (χ0v) is 11.1. The van der Waals surface area contributed by atoms with Crippen LogP contribution in [0.1, 0.15) is 52.0 Å². The van der Waals surface area contributed by atoms with Crippen LogP contribution in [0.3, 0.4) is 0 Å². The number of hydrogen-bond acceptors (Lipinski definition) is 2. The van der Waals surface area contributed by atoms with Crippen molar-refractivity contribution in [3.63, 3.8) is 0 Å².